The Balaban J connectivity index is 3.44. The van der Waals surface area contributed by atoms with Crippen LogP contribution < -0.4 is 4.72 Å². The Bertz CT molecular complexity index is 419. The average molecular weight is 222 g/mol. The van der Waals surface area contributed by atoms with Crippen molar-refractivity contribution < 1.29 is 13.2 Å². The molecule has 1 heterocycles. The third-order valence-corrected chi connectivity index (χ3v) is 3.99. The number of hydrogen-bond acceptors (Lipinski definition) is 3. The summed E-state index contributed by atoms with van der Waals surface area (Å²) in [6, 6.07) is 0. The van der Waals surface area contributed by atoms with Crippen molar-refractivity contribution in [3.63, 3.8) is 0 Å². The zero-order valence-corrected chi connectivity index (χ0v) is 8.66. The second-order valence-electron chi connectivity index (χ2n) is 2.66. The van der Waals surface area contributed by atoms with Gasteiger partial charge < -0.3 is 0 Å². The van der Waals surface area contributed by atoms with E-state index in [0.29, 0.717) is 17.6 Å². The fourth-order valence-corrected chi connectivity index (χ4v) is 2.40. The molecule has 1 aliphatic heterocycles. The van der Waals surface area contributed by atoms with E-state index in [1.807, 2.05) is 0 Å². The zero-order chi connectivity index (χ0) is 10.2. The van der Waals surface area contributed by atoms with Crippen LogP contribution in [0.25, 0.3) is 0 Å². The summed E-state index contributed by atoms with van der Waals surface area (Å²) in [6.45, 7) is 3.00. The summed E-state index contributed by atoms with van der Waals surface area (Å²) in [5, 5.41) is 0. The lowest BCUT2D eigenvalue weighted by Gasteiger charge is -2.17. The van der Waals surface area contributed by atoms with Gasteiger partial charge in [-0.15, -0.1) is 0 Å². The summed E-state index contributed by atoms with van der Waals surface area (Å²) >= 11 is 5.53. The standard InChI is InChI=1S/C7H8ClNO3S/c1-4-6(3-10)5(2)9-13(11,12)7(4)8/h3,9H,1-2H3. The molecule has 72 valence electrons. The molecule has 1 rings (SSSR count). The third-order valence-electron chi connectivity index (χ3n) is 1.74. The molecule has 0 spiro atoms. The van der Waals surface area contributed by atoms with Gasteiger partial charge in [-0.25, -0.2) is 8.42 Å². The maximum Gasteiger partial charge on any atom is 0.272 e. The highest BCUT2D eigenvalue weighted by molar-refractivity contribution is 7.95. The van der Waals surface area contributed by atoms with Crippen LogP contribution in [0, 0.1) is 0 Å². The van der Waals surface area contributed by atoms with Gasteiger partial charge in [0.25, 0.3) is 10.0 Å². The van der Waals surface area contributed by atoms with Gasteiger partial charge in [0.2, 0.25) is 0 Å². The van der Waals surface area contributed by atoms with Gasteiger partial charge >= 0.3 is 0 Å². The van der Waals surface area contributed by atoms with Crippen LogP contribution in [0.5, 0.6) is 0 Å². The zero-order valence-electron chi connectivity index (χ0n) is 7.09. The molecule has 0 saturated heterocycles. The quantitative estimate of drug-likeness (QED) is 0.668. The van der Waals surface area contributed by atoms with Crippen molar-refractivity contribution in [3.8, 4) is 0 Å². The summed E-state index contributed by atoms with van der Waals surface area (Å²) in [7, 11) is -3.62. The van der Waals surface area contributed by atoms with Gasteiger partial charge in [-0.1, -0.05) is 11.6 Å². The van der Waals surface area contributed by atoms with Gasteiger partial charge in [-0.05, 0) is 19.4 Å². The number of halogens is 1. The fourth-order valence-electron chi connectivity index (χ4n) is 1.07. The van der Waals surface area contributed by atoms with Crippen molar-refractivity contribution in [2.75, 3.05) is 0 Å². The highest BCUT2D eigenvalue weighted by atomic mass is 35.5. The van der Waals surface area contributed by atoms with E-state index in [4.69, 9.17) is 11.6 Å². The largest absolute Gasteiger partial charge is 0.298 e. The first-order chi connectivity index (χ1) is 5.90. The highest BCUT2D eigenvalue weighted by Gasteiger charge is 2.26. The second kappa shape index (κ2) is 3.16. The third kappa shape index (κ3) is 1.62. The molecule has 0 saturated carbocycles. The Morgan fingerprint density at radius 1 is 1.38 bits per heavy atom. The second-order valence-corrected chi connectivity index (χ2v) is 4.88. The van der Waals surface area contributed by atoms with Gasteiger partial charge in [0.05, 0.1) is 0 Å². The monoisotopic (exact) mass is 221 g/mol. The molecule has 0 bridgehead atoms. The number of carbonyl (C=O) groups is 1. The minimum Gasteiger partial charge on any atom is -0.298 e. The van der Waals surface area contributed by atoms with Crippen LogP contribution in [0.1, 0.15) is 13.8 Å². The summed E-state index contributed by atoms with van der Waals surface area (Å²) < 4.78 is 24.3. The molecule has 0 aromatic rings. The number of sulfonamides is 1. The predicted molar refractivity (Wildman–Crippen MR) is 49.4 cm³/mol. The van der Waals surface area contributed by atoms with E-state index in [9.17, 15) is 13.2 Å². The predicted octanol–water partition coefficient (Wildman–Crippen LogP) is 0.863. The molecule has 0 atom stereocenters. The maximum absolute atomic E-state index is 11.2. The van der Waals surface area contributed by atoms with Crippen LogP contribution in [0.3, 0.4) is 0 Å². The minimum atomic E-state index is -3.62. The molecule has 0 amide bonds. The Hall–Kier alpha value is -0.810. The van der Waals surface area contributed by atoms with E-state index in [2.05, 4.69) is 4.72 Å². The number of aldehydes is 1. The van der Waals surface area contributed by atoms with E-state index in [1.165, 1.54) is 13.8 Å². The summed E-state index contributed by atoms with van der Waals surface area (Å²) in [6.07, 6.45) is 0.578. The van der Waals surface area contributed by atoms with E-state index in [0.717, 1.165) is 0 Å². The van der Waals surface area contributed by atoms with Crippen LogP contribution in [-0.2, 0) is 14.8 Å². The Morgan fingerprint density at radius 2 is 1.92 bits per heavy atom. The number of carbonyl (C=O) groups excluding carboxylic acids is 1. The molecule has 1 aliphatic rings. The van der Waals surface area contributed by atoms with Crippen LogP contribution in [-0.4, -0.2) is 14.7 Å². The van der Waals surface area contributed by atoms with Crippen LogP contribution in [0.2, 0.25) is 0 Å². The van der Waals surface area contributed by atoms with Crippen molar-refractivity contribution in [2.45, 2.75) is 13.8 Å². The highest BCUT2D eigenvalue weighted by Crippen LogP contribution is 2.27. The maximum atomic E-state index is 11.2. The molecule has 0 aromatic carbocycles. The molecule has 6 heteroatoms. The van der Waals surface area contributed by atoms with Crippen LogP contribution >= 0.6 is 11.6 Å². The minimum absolute atomic E-state index is 0.285. The lowest BCUT2D eigenvalue weighted by atomic mass is 10.1. The molecule has 0 aliphatic carbocycles. The van der Waals surface area contributed by atoms with Crippen molar-refractivity contribution in [3.05, 3.63) is 21.2 Å². The molecule has 4 nitrogen and oxygen atoms in total. The summed E-state index contributed by atoms with van der Waals surface area (Å²) in [5.41, 5.74) is 0.879. The molecule has 0 unspecified atom stereocenters. The lowest BCUT2D eigenvalue weighted by molar-refractivity contribution is -0.104. The van der Waals surface area contributed by atoms with Crippen molar-refractivity contribution in [1.29, 1.82) is 0 Å². The van der Waals surface area contributed by atoms with Crippen LogP contribution in [0.15, 0.2) is 21.2 Å². The van der Waals surface area contributed by atoms with Gasteiger partial charge in [0.15, 0.2) is 10.7 Å². The van der Waals surface area contributed by atoms with Gasteiger partial charge in [0, 0.05) is 11.3 Å². The molecule has 0 aromatic heterocycles. The first kappa shape index (κ1) is 10.3. The first-order valence-electron chi connectivity index (χ1n) is 3.45. The molecular formula is C7H8ClNO3S. The fraction of sp³-hybridized carbons (Fsp3) is 0.286. The Kier molecular flexibility index (Phi) is 2.49. The van der Waals surface area contributed by atoms with Gasteiger partial charge in [0.1, 0.15) is 0 Å². The summed E-state index contributed by atoms with van der Waals surface area (Å²) in [5.74, 6) is 0. The number of hydrogen-bond donors (Lipinski definition) is 1. The van der Waals surface area contributed by atoms with Crippen molar-refractivity contribution in [2.24, 2.45) is 0 Å². The Morgan fingerprint density at radius 3 is 2.38 bits per heavy atom. The van der Waals surface area contributed by atoms with Crippen molar-refractivity contribution in [1.82, 2.24) is 4.72 Å². The molecular weight excluding hydrogens is 214 g/mol. The summed E-state index contributed by atoms with van der Waals surface area (Å²) in [4.78, 5) is 10.6. The SMILES string of the molecule is CC1=C(C=O)C(C)=C(Cl)S(=O)(=O)N1. The number of allylic oxidation sites excluding steroid dienone is 3. The molecule has 13 heavy (non-hydrogen) atoms. The average Bonchev–Trinajstić information content (AvgIpc) is 2.01. The van der Waals surface area contributed by atoms with E-state index in [-0.39, 0.29) is 9.94 Å². The van der Waals surface area contributed by atoms with Gasteiger partial charge in [-0.3, -0.25) is 9.52 Å². The molecule has 1 N–H and O–H groups in total. The van der Waals surface area contributed by atoms with Gasteiger partial charge in [-0.2, -0.15) is 0 Å². The first-order valence-corrected chi connectivity index (χ1v) is 5.32. The number of nitrogens with one attached hydrogen (secondary N) is 1. The van der Waals surface area contributed by atoms with E-state index >= 15 is 0 Å². The lowest BCUT2D eigenvalue weighted by Crippen LogP contribution is -2.27. The smallest absolute Gasteiger partial charge is 0.272 e. The topological polar surface area (TPSA) is 63.2 Å². The molecule has 0 fully saturated rings. The Labute approximate surface area is 81.3 Å². The van der Waals surface area contributed by atoms with Crippen molar-refractivity contribution >= 4 is 27.9 Å². The normalized spacial score (nSPS) is 21.5. The van der Waals surface area contributed by atoms with E-state index < -0.39 is 10.0 Å². The van der Waals surface area contributed by atoms with Crippen LogP contribution in [0.4, 0.5) is 0 Å². The molecule has 0 radical (unpaired) electrons. The number of rotatable bonds is 1. The van der Waals surface area contributed by atoms with E-state index in [1.54, 1.807) is 0 Å².